The van der Waals surface area contributed by atoms with Crippen LogP contribution in [-0.2, 0) is 9.53 Å². The summed E-state index contributed by atoms with van der Waals surface area (Å²) in [6, 6.07) is 6.20. The maximum atomic E-state index is 12.4. The third-order valence-corrected chi connectivity index (χ3v) is 6.45. The molecular formula is C30H42Br3ClF2N10O3. The zero-order valence-electron chi connectivity index (χ0n) is 27.9. The number of halogens is 6. The van der Waals surface area contributed by atoms with Crippen LogP contribution < -0.4 is 16.8 Å². The van der Waals surface area contributed by atoms with Crippen LogP contribution >= 0.6 is 60.2 Å². The van der Waals surface area contributed by atoms with Gasteiger partial charge >= 0.3 is 0 Å². The third kappa shape index (κ3) is 26.1. The van der Waals surface area contributed by atoms with E-state index >= 15 is 0 Å². The summed E-state index contributed by atoms with van der Waals surface area (Å²) in [5.41, 5.74) is 10.3. The van der Waals surface area contributed by atoms with Gasteiger partial charge in [0.05, 0.1) is 12.2 Å². The van der Waals surface area contributed by atoms with Gasteiger partial charge in [0.15, 0.2) is 17.9 Å². The number of nitrogens with zero attached hydrogens (tertiary/aromatic N) is 7. The number of fused-ring (bicyclic) bond motifs is 1. The number of pyridine rings is 3. The largest absolute Gasteiger partial charge is 0.468 e. The van der Waals surface area contributed by atoms with E-state index in [0.717, 1.165) is 14.3 Å². The van der Waals surface area contributed by atoms with Crippen molar-refractivity contribution in [1.29, 1.82) is 0 Å². The second-order valence-electron chi connectivity index (χ2n) is 8.28. The number of nitrogens with two attached hydrogens (primary N) is 2. The van der Waals surface area contributed by atoms with Crippen molar-refractivity contribution in [2.24, 2.45) is 16.5 Å². The first kappa shape index (κ1) is 49.9. The molecule has 49 heavy (non-hydrogen) atoms. The number of anilines is 1. The number of nitrogens with one attached hydrogen (secondary N) is 1. The number of ether oxygens (including phenoxy) is 1. The van der Waals surface area contributed by atoms with Crippen molar-refractivity contribution in [1.82, 2.24) is 29.8 Å². The molecule has 0 aliphatic heterocycles. The Morgan fingerprint density at radius 3 is 1.82 bits per heavy atom. The summed E-state index contributed by atoms with van der Waals surface area (Å²) in [5, 5.41) is 3.78. The van der Waals surface area contributed by atoms with Crippen molar-refractivity contribution < 1.29 is 23.1 Å². The maximum absolute atomic E-state index is 12.4. The highest BCUT2D eigenvalue weighted by atomic mass is 79.9. The van der Waals surface area contributed by atoms with Crippen molar-refractivity contribution in [2.45, 2.75) is 27.7 Å². The molecule has 4 aromatic rings. The number of aromatic nitrogens is 5. The molecule has 0 saturated carbocycles. The molecule has 0 bridgehead atoms. The molecule has 272 valence electrons. The molecule has 0 amide bonds. The van der Waals surface area contributed by atoms with E-state index in [2.05, 4.69) is 113 Å². The Hall–Kier alpha value is -3.45. The smallest absolute Gasteiger partial charge is 0.293 e. The first-order chi connectivity index (χ1) is 22.8. The Kier molecular flexibility index (Phi) is 32.4. The summed E-state index contributed by atoms with van der Waals surface area (Å²) >= 11 is 9.50. The highest BCUT2D eigenvalue weighted by Gasteiger charge is 2.01. The van der Waals surface area contributed by atoms with Crippen LogP contribution in [0.5, 0.6) is 0 Å². The monoisotopic (exact) mass is 900 g/mol. The van der Waals surface area contributed by atoms with Crippen LogP contribution in [0.2, 0.25) is 0 Å². The number of carbonyl (C=O) groups excluding carboxylic acids is 2. The molecule has 4 rings (SSSR count). The van der Waals surface area contributed by atoms with E-state index in [1.54, 1.807) is 32.4 Å². The van der Waals surface area contributed by atoms with Gasteiger partial charge < -0.3 is 26.4 Å². The maximum Gasteiger partial charge on any atom is 0.293 e. The lowest BCUT2D eigenvalue weighted by Gasteiger charge is -2.13. The Morgan fingerprint density at radius 2 is 1.45 bits per heavy atom. The SMILES string of the molecule is CCN(CC)CC.CCOC=O.CN=C(N)N.CNc1ncc2cc(Br)cnc2n1.Cl.Fc1ccc(Br)cn1.O=Cc1cc(Br)cnc1F. The van der Waals surface area contributed by atoms with E-state index in [-0.39, 0.29) is 23.9 Å². The summed E-state index contributed by atoms with van der Waals surface area (Å²) in [6.45, 7) is 12.8. The molecule has 0 spiro atoms. The van der Waals surface area contributed by atoms with Crippen molar-refractivity contribution in [3.05, 3.63) is 79.9 Å². The van der Waals surface area contributed by atoms with E-state index in [4.69, 9.17) is 11.5 Å². The number of carbonyl (C=O) groups is 2. The quantitative estimate of drug-likeness (QED) is 0.0798. The molecule has 0 unspecified atom stereocenters. The minimum Gasteiger partial charge on any atom is -0.468 e. The first-order valence-electron chi connectivity index (χ1n) is 14.1. The summed E-state index contributed by atoms with van der Waals surface area (Å²) < 4.78 is 30.8. The van der Waals surface area contributed by atoms with Gasteiger partial charge in [0.25, 0.3) is 6.47 Å². The average Bonchev–Trinajstić information content (AvgIpc) is 3.09. The summed E-state index contributed by atoms with van der Waals surface area (Å²) in [7, 11) is 3.31. The van der Waals surface area contributed by atoms with Crippen LogP contribution in [0.1, 0.15) is 38.1 Å². The fraction of sp³-hybridized carbons (Fsp3) is 0.333. The number of hydrogen-bond donors (Lipinski definition) is 3. The van der Waals surface area contributed by atoms with Crippen LogP contribution in [0.3, 0.4) is 0 Å². The van der Waals surface area contributed by atoms with Crippen molar-refractivity contribution in [3.8, 4) is 0 Å². The van der Waals surface area contributed by atoms with E-state index in [1.807, 2.05) is 6.07 Å². The lowest BCUT2D eigenvalue weighted by atomic mass is 10.3. The number of guanidine groups is 1. The van der Waals surface area contributed by atoms with Gasteiger partial charge in [-0.1, -0.05) is 20.8 Å². The van der Waals surface area contributed by atoms with E-state index < -0.39 is 11.9 Å². The van der Waals surface area contributed by atoms with Crippen molar-refractivity contribution >= 4 is 95.9 Å². The topological polar surface area (TPSA) is 187 Å². The average molecular weight is 904 g/mol. The van der Waals surface area contributed by atoms with Gasteiger partial charge in [-0.05, 0) is 98.6 Å². The zero-order valence-corrected chi connectivity index (χ0v) is 33.5. The number of rotatable bonds is 7. The summed E-state index contributed by atoms with van der Waals surface area (Å²) in [6.07, 6.45) is 6.59. The summed E-state index contributed by atoms with van der Waals surface area (Å²) in [5.74, 6) is -0.473. The van der Waals surface area contributed by atoms with Crippen molar-refractivity contribution in [3.63, 3.8) is 0 Å². The fourth-order valence-electron chi connectivity index (χ4n) is 2.63. The minimum absolute atomic E-state index is 0. The van der Waals surface area contributed by atoms with Crippen LogP contribution in [0.15, 0.2) is 67.5 Å². The third-order valence-electron chi connectivity index (χ3n) is 5.11. The number of aldehydes is 1. The van der Waals surface area contributed by atoms with Crippen LogP contribution in [0.4, 0.5) is 14.7 Å². The van der Waals surface area contributed by atoms with Gasteiger partial charge in [-0.25, -0.2) is 19.9 Å². The predicted octanol–water partition coefficient (Wildman–Crippen LogP) is 6.45. The van der Waals surface area contributed by atoms with Gasteiger partial charge in [0.1, 0.15) is 0 Å². The van der Waals surface area contributed by atoms with Gasteiger partial charge in [0, 0.05) is 57.7 Å². The Labute approximate surface area is 317 Å². The van der Waals surface area contributed by atoms with E-state index in [1.165, 1.54) is 51.2 Å². The van der Waals surface area contributed by atoms with Crippen LogP contribution in [0, 0.1) is 11.9 Å². The lowest BCUT2D eigenvalue weighted by Crippen LogP contribution is -2.21. The summed E-state index contributed by atoms with van der Waals surface area (Å²) in [4.78, 5) is 44.1. The molecule has 5 N–H and O–H groups in total. The molecule has 0 fully saturated rings. The Bertz CT molecular complexity index is 1460. The molecular weight excluding hydrogens is 862 g/mol. The highest BCUT2D eigenvalue weighted by Crippen LogP contribution is 2.15. The Morgan fingerprint density at radius 1 is 0.898 bits per heavy atom. The van der Waals surface area contributed by atoms with Crippen molar-refractivity contribution in [2.75, 3.05) is 45.7 Å². The molecule has 19 heteroatoms. The van der Waals surface area contributed by atoms with Gasteiger partial charge in [-0.2, -0.15) is 13.8 Å². The van der Waals surface area contributed by atoms with Gasteiger partial charge in [-0.15, -0.1) is 12.4 Å². The minimum atomic E-state index is -0.738. The molecule has 13 nitrogen and oxygen atoms in total. The molecule has 0 atom stereocenters. The van der Waals surface area contributed by atoms with Gasteiger partial charge in [0.2, 0.25) is 17.8 Å². The second-order valence-corrected chi connectivity index (χ2v) is 11.0. The Balaban J connectivity index is -0.000000536. The normalized spacial score (nSPS) is 8.98. The first-order valence-corrected chi connectivity index (χ1v) is 16.5. The molecule has 0 aliphatic carbocycles. The molecule has 4 heterocycles. The predicted molar refractivity (Wildman–Crippen MR) is 204 cm³/mol. The van der Waals surface area contributed by atoms with Gasteiger partial charge in [-0.3, -0.25) is 14.6 Å². The zero-order chi connectivity index (χ0) is 36.9. The van der Waals surface area contributed by atoms with E-state index in [0.29, 0.717) is 35.4 Å². The molecule has 4 aromatic heterocycles. The van der Waals surface area contributed by atoms with Crippen LogP contribution in [-0.4, -0.2) is 88.9 Å². The number of hydrogen-bond acceptors (Lipinski definition) is 11. The van der Waals surface area contributed by atoms with E-state index in [9.17, 15) is 18.4 Å². The highest BCUT2D eigenvalue weighted by molar-refractivity contribution is 9.11. The number of aliphatic imine (C=N–C) groups is 1. The molecule has 0 saturated heterocycles. The standard InChI is InChI=1S/C8H7BrN4.C6H3BrFNO.C6H15N.C5H3BrFN.C3H6O2.C2H7N3.ClH/c1-10-8-12-3-5-2-6(9)4-11-7(5)13-8;7-5-1-4(3-10)6(8)9-2-5;1-4-7(5-2)6-3;6-4-1-2-5(7)8-3-4;1-2-5-3-4;1-5-2(3)4;/h2-4H,1H3,(H,10,11,12,13);1-3H;4-6H2,1-3H3;1-3H;3H,2H2,1H3;1H3,(H4,3,4,5);1H. The van der Waals surface area contributed by atoms with Crippen LogP contribution in [0.25, 0.3) is 11.0 Å². The molecule has 0 aliphatic rings. The molecule has 0 radical (unpaired) electrons. The fourth-order valence-corrected chi connectivity index (χ4v) is 3.57. The second kappa shape index (κ2) is 31.8. The lowest BCUT2D eigenvalue weighted by molar-refractivity contribution is -0.128. The molecule has 0 aromatic carbocycles.